The first-order valence-corrected chi connectivity index (χ1v) is 8.56. The van der Waals surface area contributed by atoms with Crippen LogP contribution in [0.4, 0.5) is 13.2 Å². The van der Waals surface area contributed by atoms with Crippen molar-refractivity contribution >= 4 is 23.3 Å². The van der Waals surface area contributed by atoms with E-state index in [-0.39, 0.29) is 29.3 Å². The van der Waals surface area contributed by atoms with E-state index in [4.69, 9.17) is 21.7 Å². The van der Waals surface area contributed by atoms with Crippen LogP contribution >= 0.6 is 12.2 Å². The fourth-order valence-corrected chi connectivity index (χ4v) is 3.15. The van der Waals surface area contributed by atoms with Crippen LogP contribution in [-0.4, -0.2) is 35.4 Å². The van der Waals surface area contributed by atoms with E-state index in [9.17, 15) is 18.0 Å². The molecule has 0 radical (unpaired) electrons. The number of fused-ring (bicyclic) bond motifs is 1. The number of H-pyrrole nitrogens is 1. The highest BCUT2D eigenvalue weighted by molar-refractivity contribution is 7.71. The summed E-state index contributed by atoms with van der Waals surface area (Å²) < 4.78 is 52.9. The zero-order chi connectivity index (χ0) is 20.5. The van der Waals surface area contributed by atoms with Crippen LogP contribution in [0.3, 0.4) is 0 Å². The van der Waals surface area contributed by atoms with Gasteiger partial charge in [0.15, 0.2) is 4.77 Å². The molecule has 0 aliphatic rings. The number of nitrogens with one attached hydrogen (secondary N) is 1. The van der Waals surface area contributed by atoms with Crippen molar-refractivity contribution in [3.05, 3.63) is 51.0 Å². The van der Waals surface area contributed by atoms with Crippen LogP contribution in [-0.2, 0) is 17.5 Å². The van der Waals surface area contributed by atoms with Crippen LogP contribution in [0.5, 0.6) is 5.75 Å². The molecule has 0 aliphatic heterocycles. The van der Waals surface area contributed by atoms with Crippen molar-refractivity contribution in [3.63, 3.8) is 0 Å². The molecule has 148 valence electrons. The number of nitrogens with zero attached hydrogens (tertiary/aromatic N) is 2. The molecule has 0 saturated heterocycles. The van der Waals surface area contributed by atoms with Crippen molar-refractivity contribution in [2.75, 3.05) is 20.8 Å². The minimum Gasteiger partial charge on any atom is -0.496 e. The third-order valence-corrected chi connectivity index (χ3v) is 4.48. The molecule has 0 atom stereocenters. The second-order valence-corrected chi connectivity index (χ2v) is 6.24. The molecule has 0 saturated carbocycles. The molecule has 0 spiro atoms. The second-order valence-electron chi connectivity index (χ2n) is 5.86. The zero-order valence-electron chi connectivity index (χ0n) is 15.0. The summed E-state index contributed by atoms with van der Waals surface area (Å²) in [4.78, 5) is 19.0. The van der Waals surface area contributed by atoms with Gasteiger partial charge in [-0.1, -0.05) is 12.1 Å². The molecule has 0 bridgehead atoms. The van der Waals surface area contributed by atoms with Gasteiger partial charge in [-0.15, -0.1) is 0 Å². The Hall–Kier alpha value is -2.72. The Kier molecular flexibility index (Phi) is 5.52. The first-order chi connectivity index (χ1) is 13.3. The smallest absolute Gasteiger partial charge is 0.417 e. The van der Waals surface area contributed by atoms with Gasteiger partial charge in [0.1, 0.15) is 11.4 Å². The zero-order valence-corrected chi connectivity index (χ0v) is 15.8. The number of rotatable bonds is 5. The summed E-state index contributed by atoms with van der Waals surface area (Å²) in [5.74, 6) is 0.356. The van der Waals surface area contributed by atoms with E-state index in [1.165, 1.54) is 18.8 Å². The average Bonchev–Trinajstić information content (AvgIpc) is 2.66. The Balaban J connectivity index is 2.46. The van der Waals surface area contributed by atoms with E-state index in [1.54, 1.807) is 24.3 Å². The largest absolute Gasteiger partial charge is 0.496 e. The Morgan fingerprint density at radius 1 is 1.25 bits per heavy atom. The molecule has 0 unspecified atom stereocenters. The van der Waals surface area contributed by atoms with Crippen molar-refractivity contribution in [3.8, 4) is 17.0 Å². The van der Waals surface area contributed by atoms with Crippen molar-refractivity contribution in [2.24, 2.45) is 0 Å². The lowest BCUT2D eigenvalue weighted by Gasteiger charge is -2.16. The number of hydrogen-bond donors (Lipinski definition) is 1. The molecule has 10 heteroatoms. The molecule has 2 aromatic heterocycles. The van der Waals surface area contributed by atoms with E-state index in [0.29, 0.717) is 11.3 Å². The summed E-state index contributed by atoms with van der Waals surface area (Å²) in [7, 11) is 2.86. The summed E-state index contributed by atoms with van der Waals surface area (Å²) in [6.45, 7) is 0.305. The van der Waals surface area contributed by atoms with E-state index in [0.717, 1.165) is 6.07 Å². The van der Waals surface area contributed by atoms with E-state index in [1.807, 2.05) is 0 Å². The van der Waals surface area contributed by atoms with E-state index >= 15 is 0 Å². The average molecular weight is 411 g/mol. The third kappa shape index (κ3) is 3.65. The summed E-state index contributed by atoms with van der Waals surface area (Å²) in [6.07, 6.45) is -4.77. The first-order valence-electron chi connectivity index (χ1n) is 8.15. The number of pyridine rings is 1. The van der Waals surface area contributed by atoms with Crippen molar-refractivity contribution in [1.29, 1.82) is 0 Å². The SMILES string of the molecule is COCCn1c(=S)[nH]c(=O)c2c(C(F)(F)F)cc(-c3ccccc3OC)nc21. The van der Waals surface area contributed by atoms with Gasteiger partial charge >= 0.3 is 6.18 Å². The van der Waals surface area contributed by atoms with Gasteiger partial charge in [-0.25, -0.2) is 4.98 Å². The topological polar surface area (TPSA) is 69.1 Å². The van der Waals surface area contributed by atoms with Crippen molar-refractivity contribution in [1.82, 2.24) is 14.5 Å². The van der Waals surface area contributed by atoms with Crippen molar-refractivity contribution in [2.45, 2.75) is 12.7 Å². The maximum Gasteiger partial charge on any atom is 0.417 e. The number of hydrogen-bond acceptors (Lipinski definition) is 5. The molecule has 2 heterocycles. The third-order valence-electron chi connectivity index (χ3n) is 4.16. The molecule has 1 N–H and O–H groups in total. The summed E-state index contributed by atoms with van der Waals surface area (Å²) in [6, 6.07) is 7.41. The van der Waals surface area contributed by atoms with Gasteiger partial charge in [0.05, 0.1) is 36.9 Å². The number of halogens is 3. The number of aromatic amines is 1. The highest BCUT2D eigenvalue weighted by atomic mass is 32.1. The minimum atomic E-state index is -4.77. The quantitative estimate of drug-likeness (QED) is 0.647. The predicted molar refractivity (Wildman–Crippen MR) is 100 cm³/mol. The van der Waals surface area contributed by atoms with Crippen LogP contribution in [0, 0.1) is 4.77 Å². The highest BCUT2D eigenvalue weighted by Gasteiger charge is 2.35. The van der Waals surface area contributed by atoms with Gasteiger partial charge in [-0.05, 0) is 30.4 Å². The fraction of sp³-hybridized carbons (Fsp3) is 0.278. The lowest BCUT2D eigenvalue weighted by atomic mass is 10.1. The monoisotopic (exact) mass is 411 g/mol. The van der Waals surface area contributed by atoms with Gasteiger partial charge in [-0.3, -0.25) is 9.78 Å². The van der Waals surface area contributed by atoms with Crippen LogP contribution < -0.4 is 10.3 Å². The molecule has 1 aromatic carbocycles. The Bertz CT molecular complexity index is 1140. The summed E-state index contributed by atoms with van der Waals surface area (Å²) in [5, 5.41) is -0.573. The normalized spacial score (nSPS) is 11.8. The Labute approximate surface area is 162 Å². The number of benzene rings is 1. The lowest BCUT2D eigenvalue weighted by Crippen LogP contribution is -2.21. The summed E-state index contributed by atoms with van der Waals surface area (Å²) in [5.41, 5.74) is -1.83. The van der Waals surface area contributed by atoms with Gasteiger partial charge in [0.25, 0.3) is 5.56 Å². The van der Waals surface area contributed by atoms with E-state index in [2.05, 4.69) is 9.97 Å². The molecule has 0 aliphatic carbocycles. The summed E-state index contributed by atoms with van der Waals surface area (Å²) >= 11 is 5.13. The Morgan fingerprint density at radius 3 is 2.61 bits per heavy atom. The van der Waals surface area contributed by atoms with Gasteiger partial charge < -0.3 is 14.0 Å². The number of ether oxygens (including phenoxy) is 2. The second kappa shape index (κ2) is 7.72. The number of aromatic nitrogens is 3. The van der Waals surface area contributed by atoms with Crippen molar-refractivity contribution < 1.29 is 22.6 Å². The fourth-order valence-electron chi connectivity index (χ4n) is 2.88. The molecule has 3 aromatic rings. The van der Waals surface area contributed by atoms with E-state index < -0.39 is 22.7 Å². The van der Waals surface area contributed by atoms with Crippen LogP contribution in [0.15, 0.2) is 35.1 Å². The lowest BCUT2D eigenvalue weighted by molar-refractivity contribution is -0.136. The van der Waals surface area contributed by atoms with Gasteiger partial charge in [-0.2, -0.15) is 13.2 Å². The molecule has 28 heavy (non-hydrogen) atoms. The molecule has 6 nitrogen and oxygen atoms in total. The first kappa shape index (κ1) is 20.0. The highest BCUT2D eigenvalue weighted by Crippen LogP contribution is 2.37. The standard InChI is InChI=1S/C18H16F3N3O3S/c1-26-8-7-24-15-14(16(25)23-17(24)28)11(18(19,20)21)9-12(22-15)10-5-3-4-6-13(10)27-2/h3-6,9H,7-8H2,1-2H3,(H,23,25,28). The number of para-hydroxylation sites is 1. The maximum atomic E-state index is 13.8. The van der Waals surface area contributed by atoms with Gasteiger partial charge in [0, 0.05) is 12.7 Å². The maximum absolute atomic E-state index is 13.8. The predicted octanol–water partition coefficient (Wildman–Crippen LogP) is 3.79. The van der Waals surface area contributed by atoms with Crippen LogP contribution in [0.2, 0.25) is 0 Å². The molecular weight excluding hydrogens is 395 g/mol. The van der Waals surface area contributed by atoms with Crippen LogP contribution in [0.25, 0.3) is 22.3 Å². The number of alkyl halides is 3. The number of methoxy groups -OCH3 is 2. The molecule has 0 fully saturated rings. The van der Waals surface area contributed by atoms with Gasteiger partial charge in [0.2, 0.25) is 0 Å². The minimum absolute atomic E-state index is 0.0171. The molecule has 3 rings (SSSR count). The van der Waals surface area contributed by atoms with Crippen LogP contribution in [0.1, 0.15) is 5.56 Å². The Morgan fingerprint density at radius 2 is 1.96 bits per heavy atom. The molecular formula is C18H16F3N3O3S. The molecule has 0 amide bonds.